The van der Waals surface area contributed by atoms with Crippen LogP contribution in [0, 0.1) is 5.92 Å². The van der Waals surface area contributed by atoms with E-state index in [1.807, 2.05) is 4.68 Å². The van der Waals surface area contributed by atoms with E-state index in [9.17, 15) is 0 Å². The van der Waals surface area contributed by atoms with Gasteiger partial charge < -0.3 is 5.73 Å². The molecule has 1 fully saturated rings. The van der Waals surface area contributed by atoms with E-state index in [4.69, 9.17) is 17.3 Å². The van der Waals surface area contributed by atoms with Crippen LogP contribution < -0.4 is 5.73 Å². The average molecular weight is 270 g/mol. The minimum atomic E-state index is 0.0460. The van der Waals surface area contributed by atoms with E-state index in [-0.39, 0.29) is 6.04 Å². The molecule has 0 spiro atoms. The van der Waals surface area contributed by atoms with Crippen molar-refractivity contribution in [3.8, 4) is 0 Å². The number of halogens is 1. The third-order valence-electron chi connectivity index (χ3n) is 3.99. The van der Waals surface area contributed by atoms with Crippen LogP contribution in [-0.4, -0.2) is 9.78 Å². The standard InChI is InChI=1S/C14H24ClN3/c1-2-9-18-14(12(15)10-17-18)13(16)11-7-5-3-4-6-8-11/h10-11,13H,2-9,16H2,1H3. The summed E-state index contributed by atoms with van der Waals surface area (Å²) in [6.07, 6.45) is 10.6. The summed E-state index contributed by atoms with van der Waals surface area (Å²) in [4.78, 5) is 0. The Hall–Kier alpha value is -0.540. The van der Waals surface area contributed by atoms with Crippen LogP contribution in [0.1, 0.15) is 63.6 Å². The number of rotatable bonds is 4. The Morgan fingerprint density at radius 1 is 1.39 bits per heavy atom. The monoisotopic (exact) mass is 269 g/mol. The Labute approximate surface area is 115 Å². The Morgan fingerprint density at radius 2 is 2.06 bits per heavy atom. The third kappa shape index (κ3) is 3.07. The molecule has 3 nitrogen and oxygen atoms in total. The van der Waals surface area contributed by atoms with Gasteiger partial charge in [-0.2, -0.15) is 5.10 Å². The smallest absolute Gasteiger partial charge is 0.0834 e. The van der Waals surface area contributed by atoms with E-state index in [2.05, 4.69) is 12.0 Å². The summed E-state index contributed by atoms with van der Waals surface area (Å²) in [5, 5.41) is 5.09. The second-order valence-electron chi connectivity index (χ2n) is 5.38. The van der Waals surface area contributed by atoms with E-state index in [0.29, 0.717) is 5.92 Å². The molecule has 0 aromatic carbocycles. The fourth-order valence-electron chi connectivity index (χ4n) is 2.99. The van der Waals surface area contributed by atoms with Gasteiger partial charge in [0.05, 0.1) is 23.0 Å². The van der Waals surface area contributed by atoms with Crippen LogP contribution in [-0.2, 0) is 6.54 Å². The quantitative estimate of drug-likeness (QED) is 0.842. The van der Waals surface area contributed by atoms with Crippen molar-refractivity contribution >= 4 is 11.6 Å². The van der Waals surface area contributed by atoms with Crippen molar-refractivity contribution < 1.29 is 0 Å². The minimum Gasteiger partial charge on any atom is -0.322 e. The lowest BCUT2D eigenvalue weighted by atomic mass is 9.90. The van der Waals surface area contributed by atoms with Crippen LogP contribution in [0.2, 0.25) is 5.02 Å². The maximum absolute atomic E-state index is 6.47. The lowest BCUT2D eigenvalue weighted by molar-refractivity contribution is 0.362. The van der Waals surface area contributed by atoms with Gasteiger partial charge in [0, 0.05) is 6.54 Å². The zero-order valence-electron chi connectivity index (χ0n) is 11.2. The van der Waals surface area contributed by atoms with Crippen molar-refractivity contribution in [2.24, 2.45) is 11.7 Å². The highest BCUT2D eigenvalue weighted by molar-refractivity contribution is 6.31. The van der Waals surface area contributed by atoms with Crippen LogP contribution in [0.4, 0.5) is 0 Å². The van der Waals surface area contributed by atoms with Crippen LogP contribution >= 0.6 is 11.6 Å². The predicted molar refractivity (Wildman–Crippen MR) is 75.6 cm³/mol. The SMILES string of the molecule is CCCn1ncc(Cl)c1C(N)C1CCCCCC1. The molecule has 1 aromatic rings. The summed E-state index contributed by atoms with van der Waals surface area (Å²) in [6, 6.07) is 0.0460. The van der Waals surface area contributed by atoms with E-state index in [0.717, 1.165) is 23.7 Å². The molecule has 102 valence electrons. The molecule has 4 heteroatoms. The molecule has 2 N–H and O–H groups in total. The molecule has 18 heavy (non-hydrogen) atoms. The second-order valence-corrected chi connectivity index (χ2v) is 5.79. The van der Waals surface area contributed by atoms with Crippen LogP contribution in [0.3, 0.4) is 0 Å². The first-order valence-corrected chi connectivity index (χ1v) is 7.58. The highest BCUT2D eigenvalue weighted by Gasteiger charge is 2.25. The molecule has 1 aromatic heterocycles. The Balaban J connectivity index is 2.15. The summed E-state index contributed by atoms with van der Waals surface area (Å²) in [6.45, 7) is 3.05. The molecule has 1 unspecified atom stereocenters. The molecular formula is C14H24ClN3. The molecule has 1 heterocycles. The Kier molecular flexibility index (Phi) is 5.07. The van der Waals surface area contributed by atoms with E-state index < -0.39 is 0 Å². The van der Waals surface area contributed by atoms with Gasteiger partial charge in [0.2, 0.25) is 0 Å². The van der Waals surface area contributed by atoms with Crippen molar-refractivity contribution in [1.29, 1.82) is 0 Å². The van der Waals surface area contributed by atoms with Crippen molar-refractivity contribution in [1.82, 2.24) is 9.78 Å². The summed E-state index contributed by atoms with van der Waals surface area (Å²) in [7, 11) is 0. The van der Waals surface area contributed by atoms with E-state index in [1.54, 1.807) is 6.20 Å². The van der Waals surface area contributed by atoms with Gasteiger partial charge in [-0.1, -0.05) is 44.2 Å². The lowest BCUT2D eigenvalue weighted by Crippen LogP contribution is -2.24. The first kappa shape index (κ1) is 13.9. The molecule has 1 atom stereocenters. The molecule has 2 rings (SSSR count). The Morgan fingerprint density at radius 3 is 2.67 bits per heavy atom. The normalized spacial score (nSPS) is 19.7. The zero-order valence-corrected chi connectivity index (χ0v) is 12.0. The number of nitrogens with zero attached hydrogens (tertiary/aromatic N) is 2. The average Bonchev–Trinajstić information content (AvgIpc) is 2.58. The summed E-state index contributed by atoms with van der Waals surface area (Å²) in [5.74, 6) is 0.567. The van der Waals surface area contributed by atoms with Gasteiger partial charge in [0.1, 0.15) is 0 Å². The van der Waals surface area contributed by atoms with Crippen molar-refractivity contribution in [2.45, 2.75) is 64.5 Å². The van der Waals surface area contributed by atoms with Gasteiger partial charge in [-0.05, 0) is 25.2 Å². The van der Waals surface area contributed by atoms with Crippen LogP contribution in [0.5, 0.6) is 0 Å². The fourth-order valence-corrected chi connectivity index (χ4v) is 3.25. The zero-order chi connectivity index (χ0) is 13.0. The predicted octanol–water partition coefficient (Wildman–Crippen LogP) is 3.92. The molecule has 1 aliphatic carbocycles. The first-order valence-electron chi connectivity index (χ1n) is 7.20. The van der Waals surface area contributed by atoms with Gasteiger partial charge in [0.15, 0.2) is 0 Å². The molecule has 0 saturated heterocycles. The molecule has 0 amide bonds. The Bertz CT molecular complexity index is 367. The molecule has 1 saturated carbocycles. The summed E-state index contributed by atoms with van der Waals surface area (Å²) in [5.41, 5.74) is 7.52. The summed E-state index contributed by atoms with van der Waals surface area (Å²) < 4.78 is 2.00. The number of aryl methyl sites for hydroxylation is 1. The molecule has 0 bridgehead atoms. The number of hydrogen-bond donors (Lipinski definition) is 1. The van der Waals surface area contributed by atoms with Crippen molar-refractivity contribution in [2.75, 3.05) is 0 Å². The molecule has 1 aliphatic rings. The second kappa shape index (κ2) is 6.58. The van der Waals surface area contributed by atoms with Gasteiger partial charge in [-0.3, -0.25) is 4.68 Å². The molecule has 0 aliphatic heterocycles. The minimum absolute atomic E-state index is 0.0460. The summed E-state index contributed by atoms with van der Waals surface area (Å²) >= 11 is 6.27. The maximum Gasteiger partial charge on any atom is 0.0834 e. The van der Waals surface area contributed by atoms with Crippen LogP contribution in [0.25, 0.3) is 0 Å². The number of hydrogen-bond acceptors (Lipinski definition) is 2. The highest BCUT2D eigenvalue weighted by atomic mass is 35.5. The van der Waals surface area contributed by atoms with Crippen molar-refractivity contribution in [3.63, 3.8) is 0 Å². The third-order valence-corrected chi connectivity index (χ3v) is 4.28. The van der Waals surface area contributed by atoms with Gasteiger partial charge in [0.25, 0.3) is 0 Å². The molecular weight excluding hydrogens is 246 g/mol. The van der Waals surface area contributed by atoms with Gasteiger partial charge in [-0.15, -0.1) is 0 Å². The number of aromatic nitrogens is 2. The largest absolute Gasteiger partial charge is 0.322 e. The van der Waals surface area contributed by atoms with Gasteiger partial charge >= 0.3 is 0 Å². The van der Waals surface area contributed by atoms with E-state index >= 15 is 0 Å². The highest BCUT2D eigenvalue weighted by Crippen LogP contribution is 2.34. The topological polar surface area (TPSA) is 43.8 Å². The van der Waals surface area contributed by atoms with E-state index in [1.165, 1.54) is 38.5 Å². The fraction of sp³-hybridized carbons (Fsp3) is 0.786. The van der Waals surface area contributed by atoms with Crippen molar-refractivity contribution in [3.05, 3.63) is 16.9 Å². The molecule has 0 radical (unpaired) electrons. The maximum atomic E-state index is 6.47. The van der Waals surface area contributed by atoms with Crippen LogP contribution in [0.15, 0.2) is 6.20 Å². The first-order chi connectivity index (χ1) is 8.74. The van der Waals surface area contributed by atoms with Gasteiger partial charge in [-0.25, -0.2) is 0 Å². The number of nitrogens with two attached hydrogens (primary N) is 1. The lowest BCUT2D eigenvalue weighted by Gasteiger charge is -2.23.